The normalized spacial score (nSPS) is 12.5. The second-order valence-electron chi connectivity index (χ2n) is 8.89. The molecule has 10 heteroatoms. The number of nitrogens with zero attached hydrogens (tertiary/aromatic N) is 3. The van der Waals surface area contributed by atoms with E-state index in [0.29, 0.717) is 13.0 Å². The summed E-state index contributed by atoms with van der Waals surface area (Å²) in [5.74, 6) is -1.50. The van der Waals surface area contributed by atoms with E-state index in [-0.39, 0.29) is 24.1 Å². The molecule has 2 rings (SSSR count). The van der Waals surface area contributed by atoms with Gasteiger partial charge in [-0.3, -0.25) is 9.59 Å². The van der Waals surface area contributed by atoms with Crippen molar-refractivity contribution in [2.45, 2.75) is 33.2 Å². The van der Waals surface area contributed by atoms with E-state index < -0.39 is 34.5 Å². The molecule has 0 saturated carbocycles. The van der Waals surface area contributed by atoms with Gasteiger partial charge in [-0.2, -0.15) is 12.7 Å². The Bertz CT molecular complexity index is 1090. The van der Waals surface area contributed by atoms with Crippen molar-refractivity contribution in [1.29, 1.82) is 0 Å². The fourth-order valence-electron chi connectivity index (χ4n) is 3.38. The Hall–Kier alpha value is -2.98. The quantitative estimate of drug-likeness (QED) is 0.479. The molecule has 0 aliphatic rings. The number of para-hydroxylation sites is 1. The second kappa shape index (κ2) is 12.6. The first-order valence-corrected chi connectivity index (χ1v) is 12.9. The predicted octanol–water partition coefficient (Wildman–Crippen LogP) is 2.67. The highest BCUT2D eigenvalue weighted by Crippen LogP contribution is 2.23. The molecule has 0 saturated heterocycles. The second-order valence-corrected chi connectivity index (χ2v) is 11.0. The molecule has 2 aromatic rings. The number of anilines is 1. The molecule has 8 nitrogen and oxygen atoms in total. The van der Waals surface area contributed by atoms with E-state index in [4.69, 9.17) is 0 Å². The van der Waals surface area contributed by atoms with E-state index in [9.17, 15) is 22.4 Å². The average Bonchev–Trinajstić information content (AvgIpc) is 2.82. The van der Waals surface area contributed by atoms with E-state index in [0.717, 1.165) is 20.2 Å². The maximum atomic E-state index is 14.6. The van der Waals surface area contributed by atoms with Crippen LogP contribution in [0.2, 0.25) is 0 Å². The number of benzene rings is 2. The third-order valence-corrected chi connectivity index (χ3v) is 7.28. The first-order valence-electron chi connectivity index (χ1n) is 11.5. The Morgan fingerprint density at radius 2 is 1.57 bits per heavy atom. The smallest absolute Gasteiger partial charge is 0.304 e. The third kappa shape index (κ3) is 7.76. The molecule has 0 fully saturated rings. The van der Waals surface area contributed by atoms with Crippen molar-refractivity contribution in [3.63, 3.8) is 0 Å². The van der Waals surface area contributed by atoms with Crippen LogP contribution in [0.1, 0.15) is 26.3 Å². The third-order valence-electron chi connectivity index (χ3n) is 5.48. The zero-order valence-corrected chi connectivity index (χ0v) is 21.8. The van der Waals surface area contributed by atoms with Gasteiger partial charge in [0.15, 0.2) is 0 Å². The zero-order valence-electron chi connectivity index (χ0n) is 20.9. The van der Waals surface area contributed by atoms with Crippen LogP contribution in [0.15, 0.2) is 54.6 Å². The van der Waals surface area contributed by atoms with Crippen molar-refractivity contribution in [3.8, 4) is 0 Å². The molecule has 2 aromatic carbocycles. The molecule has 0 bridgehead atoms. The van der Waals surface area contributed by atoms with Gasteiger partial charge in [0.1, 0.15) is 18.4 Å². The van der Waals surface area contributed by atoms with Crippen molar-refractivity contribution in [3.05, 3.63) is 66.0 Å². The highest BCUT2D eigenvalue weighted by Gasteiger charge is 2.33. The van der Waals surface area contributed by atoms with Crippen LogP contribution in [0.3, 0.4) is 0 Å². The molecule has 0 aromatic heterocycles. The van der Waals surface area contributed by atoms with Crippen molar-refractivity contribution in [2.75, 3.05) is 38.0 Å². The van der Waals surface area contributed by atoms with Crippen LogP contribution in [0.25, 0.3) is 0 Å². The number of carbonyl (C=O) groups excluding carboxylic acids is 2. The summed E-state index contributed by atoms with van der Waals surface area (Å²) in [5.41, 5.74) is 0.724. The molecule has 1 N–H and O–H groups in total. The highest BCUT2D eigenvalue weighted by atomic mass is 32.2. The van der Waals surface area contributed by atoms with E-state index >= 15 is 0 Å². The van der Waals surface area contributed by atoms with Crippen LogP contribution in [0, 0.1) is 11.7 Å². The van der Waals surface area contributed by atoms with Crippen LogP contribution in [0.5, 0.6) is 0 Å². The van der Waals surface area contributed by atoms with Crippen molar-refractivity contribution < 1.29 is 22.4 Å². The van der Waals surface area contributed by atoms with Gasteiger partial charge in [0.25, 0.3) is 0 Å². The van der Waals surface area contributed by atoms with Crippen LogP contribution < -0.4 is 9.62 Å². The first-order chi connectivity index (χ1) is 16.4. The Labute approximate surface area is 207 Å². The number of hydrogen-bond acceptors (Lipinski definition) is 4. The molecular formula is C25H35FN4O4S. The van der Waals surface area contributed by atoms with E-state index in [2.05, 4.69) is 5.32 Å². The summed E-state index contributed by atoms with van der Waals surface area (Å²) >= 11 is 0. The van der Waals surface area contributed by atoms with Crippen LogP contribution in [-0.4, -0.2) is 69.2 Å². The largest absolute Gasteiger partial charge is 0.354 e. The lowest BCUT2D eigenvalue weighted by Gasteiger charge is -2.33. The topological polar surface area (TPSA) is 90.0 Å². The molecule has 2 amide bonds. The summed E-state index contributed by atoms with van der Waals surface area (Å²) in [6, 6.07) is 14.0. The standard InChI is InChI=1S/C25H35FN4O4S/c1-19(2)17-27-25(32)20(3)29(16-15-21-11-7-6-8-12-21)24(31)18-30(35(33,34)28(4)5)23-14-10-9-13-22(23)26/h6-14,19-20H,15-18H2,1-5H3,(H,27,32)/t20-/m1/s1. The molecule has 35 heavy (non-hydrogen) atoms. The van der Waals surface area contributed by atoms with Crippen LogP contribution >= 0.6 is 0 Å². The maximum Gasteiger partial charge on any atom is 0.304 e. The van der Waals surface area contributed by atoms with Crippen molar-refractivity contribution in [2.24, 2.45) is 5.92 Å². The number of halogens is 1. The maximum absolute atomic E-state index is 14.6. The lowest BCUT2D eigenvalue weighted by atomic mass is 10.1. The molecule has 0 aliphatic heterocycles. The van der Waals surface area contributed by atoms with E-state index in [1.165, 1.54) is 37.2 Å². The Kier molecular flexibility index (Phi) is 10.2. The highest BCUT2D eigenvalue weighted by molar-refractivity contribution is 7.90. The van der Waals surface area contributed by atoms with Gasteiger partial charge < -0.3 is 10.2 Å². The number of rotatable bonds is 12. The van der Waals surface area contributed by atoms with Gasteiger partial charge in [0.2, 0.25) is 11.8 Å². The molecule has 192 valence electrons. The summed E-state index contributed by atoms with van der Waals surface area (Å²) in [7, 11) is -1.58. The number of hydrogen-bond donors (Lipinski definition) is 1. The molecule has 0 aliphatic carbocycles. The van der Waals surface area contributed by atoms with E-state index in [1.54, 1.807) is 6.92 Å². The van der Waals surface area contributed by atoms with Crippen molar-refractivity contribution >= 4 is 27.7 Å². The molecule has 0 spiro atoms. The minimum Gasteiger partial charge on any atom is -0.354 e. The molecule has 0 unspecified atom stereocenters. The minimum absolute atomic E-state index is 0.187. The van der Waals surface area contributed by atoms with Crippen molar-refractivity contribution in [1.82, 2.24) is 14.5 Å². The van der Waals surface area contributed by atoms with Gasteiger partial charge in [0.05, 0.1) is 5.69 Å². The summed E-state index contributed by atoms with van der Waals surface area (Å²) in [4.78, 5) is 27.7. The summed E-state index contributed by atoms with van der Waals surface area (Å²) in [5, 5.41) is 2.83. The summed E-state index contributed by atoms with van der Waals surface area (Å²) in [6.07, 6.45) is 0.467. The zero-order chi connectivity index (χ0) is 26.2. The molecule has 0 radical (unpaired) electrons. The first kappa shape index (κ1) is 28.3. The summed E-state index contributed by atoms with van der Waals surface area (Å²) in [6.45, 7) is 5.50. The Morgan fingerprint density at radius 1 is 0.971 bits per heavy atom. The fourth-order valence-corrected chi connectivity index (χ4v) is 4.44. The van der Waals surface area contributed by atoms with Gasteiger partial charge in [-0.25, -0.2) is 8.70 Å². The number of nitrogens with one attached hydrogen (secondary N) is 1. The SMILES string of the molecule is CC(C)CNC(=O)[C@@H](C)N(CCc1ccccc1)C(=O)CN(c1ccccc1F)S(=O)(=O)N(C)C. The molecule has 0 heterocycles. The van der Waals surface area contributed by atoms with Crippen LogP contribution in [0.4, 0.5) is 10.1 Å². The summed E-state index contributed by atoms with van der Waals surface area (Å²) < 4.78 is 42.3. The molecule has 1 atom stereocenters. The number of amides is 2. The van der Waals surface area contributed by atoms with Gasteiger partial charge in [0, 0.05) is 27.2 Å². The molecular weight excluding hydrogens is 471 g/mol. The van der Waals surface area contributed by atoms with Gasteiger partial charge >= 0.3 is 10.2 Å². The predicted molar refractivity (Wildman–Crippen MR) is 136 cm³/mol. The van der Waals surface area contributed by atoms with Gasteiger partial charge in [-0.05, 0) is 37.0 Å². The lowest BCUT2D eigenvalue weighted by Crippen LogP contribution is -2.53. The Morgan fingerprint density at radius 3 is 2.14 bits per heavy atom. The van der Waals surface area contributed by atoms with Crippen LogP contribution in [-0.2, 0) is 26.2 Å². The number of carbonyl (C=O) groups is 2. The van der Waals surface area contributed by atoms with E-state index in [1.807, 2.05) is 44.2 Å². The Balaban J connectivity index is 2.37. The minimum atomic E-state index is -4.20. The monoisotopic (exact) mass is 506 g/mol. The fraction of sp³-hybridized carbons (Fsp3) is 0.440. The van der Waals surface area contributed by atoms with Gasteiger partial charge in [-0.15, -0.1) is 0 Å². The lowest BCUT2D eigenvalue weighted by molar-refractivity contribution is -0.138. The average molecular weight is 507 g/mol. The van der Waals surface area contributed by atoms with Gasteiger partial charge in [-0.1, -0.05) is 56.3 Å².